The van der Waals surface area contributed by atoms with Crippen LogP contribution in [-0.2, 0) is 0 Å². The minimum Gasteiger partial charge on any atom is -0.395 e. The van der Waals surface area contributed by atoms with Gasteiger partial charge in [-0.15, -0.1) is 0 Å². The van der Waals surface area contributed by atoms with Crippen LogP contribution in [0.4, 0.5) is 11.5 Å². The van der Waals surface area contributed by atoms with E-state index >= 15 is 0 Å². The monoisotopic (exact) mass is 174 g/mol. The van der Waals surface area contributed by atoms with Crippen molar-refractivity contribution >= 4 is 11.5 Å². The summed E-state index contributed by atoms with van der Waals surface area (Å²) < 4.78 is 0. The van der Waals surface area contributed by atoms with Gasteiger partial charge in [-0.1, -0.05) is 0 Å². The molecule has 1 fully saturated rings. The molecule has 2 rings (SSSR count). The van der Waals surface area contributed by atoms with E-state index in [1.165, 1.54) is 0 Å². The van der Waals surface area contributed by atoms with Crippen molar-refractivity contribution in [3.05, 3.63) is 17.8 Å². The maximum atomic E-state index is 8.71. The third kappa shape index (κ3) is 1.54. The van der Waals surface area contributed by atoms with Gasteiger partial charge in [-0.05, 0) is 18.9 Å². The van der Waals surface area contributed by atoms with Crippen LogP contribution in [0, 0.1) is 11.3 Å². The van der Waals surface area contributed by atoms with Gasteiger partial charge in [-0.3, -0.25) is 0 Å². The highest BCUT2D eigenvalue weighted by atomic mass is 15.1. The molecule has 1 saturated carbocycles. The summed E-state index contributed by atoms with van der Waals surface area (Å²) in [5, 5.41) is 11.9. The molecule has 66 valence electrons. The Morgan fingerprint density at radius 1 is 1.62 bits per heavy atom. The Hall–Kier alpha value is -1.76. The van der Waals surface area contributed by atoms with E-state index in [0.717, 1.165) is 12.8 Å². The number of nitrogen functional groups attached to an aromatic ring is 1. The number of nitriles is 1. The number of nitrogens with one attached hydrogen (secondary N) is 1. The molecule has 0 aliphatic heterocycles. The van der Waals surface area contributed by atoms with Gasteiger partial charge in [0, 0.05) is 12.2 Å². The zero-order valence-corrected chi connectivity index (χ0v) is 7.12. The van der Waals surface area contributed by atoms with Gasteiger partial charge in [0.15, 0.2) is 5.82 Å². The number of anilines is 2. The van der Waals surface area contributed by atoms with Gasteiger partial charge in [0.05, 0.1) is 11.3 Å². The number of hydrogen-bond acceptors (Lipinski definition) is 4. The fraction of sp³-hybridized carbons (Fsp3) is 0.333. The maximum Gasteiger partial charge on any atom is 0.150 e. The van der Waals surface area contributed by atoms with Gasteiger partial charge in [0.25, 0.3) is 0 Å². The third-order valence-electron chi connectivity index (χ3n) is 2.03. The summed E-state index contributed by atoms with van der Waals surface area (Å²) in [5.74, 6) is 0.640. The summed E-state index contributed by atoms with van der Waals surface area (Å²) in [7, 11) is 0. The van der Waals surface area contributed by atoms with E-state index < -0.39 is 0 Å². The fourth-order valence-corrected chi connectivity index (χ4v) is 1.11. The summed E-state index contributed by atoms with van der Waals surface area (Å²) in [6.07, 6.45) is 3.93. The Morgan fingerprint density at radius 2 is 2.38 bits per heavy atom. The molecule has 13 heavy (non-hydrogen) atoms. The molecule has 4 nitrogen and oxygen atoms in total. The standard InChI is InChI=1S/C9H10N4/c10-5-6-3-4-12-9(8(6)11)13-7-1-2-7/h3-4,7H,1-2,11H2,(H,12,13). The van der Waals surface area contributed by atoms with Crippen LogP contribution in [0.15, 0.2) is 12.3 Å². The SMILES string of the molecule is N#Cc1ccnc(NC2CC2)c1N. The first-order chi connectivity index (χ1) is 6.31. The molecule has 1 aromatic rings. The lowest BCUT2D eigenvalue weighted by molar-refractivity contribution is 1.11. The van der Waals surface area contributed by atoms with Gasteiger partial charge in [0.2, 0.25) is 0 Å². The lowest BCUT2D eigenvalue weighted by Gasteiger charge is -2.06. The van der Waals surface area contributed by atoms with Crippen LogP contribution in [0.25, 0.3) is 0 Å². The van der Waals surface area contributed by atoms with Gasteiger partial charge >= 0.3 is 0 Å². The molecule has 0 bridgehead atoms. The maximum absolute atomic E-state index is 8.71. The lowest BCUT2D eigenvalue weighted by atomic mass is 10.2. The van der Waals surface area contributed by atoms with Crippen LogP contribution in [0.2, 0.25) is 0 Å². The average Bonchev–Trinajstić information content (AvgIpc) is 2.92. The van der Waals surface area contributed by atoms with E-state index in [1.807, 2.05) is 6.07 Å². The average molecular weight is 174 g/mol. The number of nitrogens with two attached hydrogens (primary N) is 1. The number of nitrogens with zero attached hydrogens (tertiary/aromatic N) is 2. The number of aromatic nitrogens is 1. The lowest BCUT2D eigenvalue weighted by Crippen LogP contribution is -2.07. The second-order valence-corrected chi connectivity index (χ2v) is 3.15. The van der Waals surface area contributed by atoms with E-state index in [-0.39, 0.29) is 0 Å². The molecule has 0 radical (unpaired) electrons. The zero-order chi connectivity index (χ0) is 9.26. The van der Waals surface area contributed by atoms with Crippen molar-refractivity contribution in [2.75, 3.05) is 11.1 Å². The predicted octanol–water partition coefficient (Wildman–Crippen LogP) is 1.11. The van der Waals surface area contributed by atoms with Gasteiger partial charge in [0.1, 0.15) is 6.07 Å². The van der Waals surface area contributed by atoms with Crippen molar-refractivity contribution in [2.45, 2.75) is 18.9 Å². The topological polar surface area (TPSA) is 74.7 Å². The number of hydrogen-bond donors (Lipinski definition) is 2. The van der Waals surface area contributed by atoms with E-state index in [4.69, 9.17) is 11.0 Å². The van der Waals surface area contributed by atoms with Crippen molar-refractivity contribution in [3.8, 4) is 6.07 Å². The summed E-state index contributed by atoms with van der Waals surface area (Å²) in [6.45, 7) is 0. The van der Waals surface area contributed by atoms with Crippen molar-refractivity contribution in [1.82, 2.24) is 4.98 Å². The highest BCUT2D eigenvalue weighted by Gasteiger charge is 2.22. The van der Waals surface area contributed by atoms with E-state index in [1.54, 1.807) is 12.3 Å². The Morgan fingerprint density at radius 3 is 3.00 bits per heavy atom. The molecule has 3 N–H and O–H groups in total. The molecule has 1 aromatic heterocycles. The Kier molecular flexibility index (Phi) is 1.78. The normalized spacial score (nSPS) is 15.0. The molecule has 0 atom stereocenters. The molecule has 1 aliphatic carbocycles. The summed E-state index contributed by atoms with van der Waals surface area (Å²) in [5.41, 5.74) is 6.66. The first kappa shape index (κ1) is 7.87. The van der Waals surface area contributed by atoms with E-state index in [0.29, 0.717) is 23.1 Å². The van der Waals surface area contributed by atoms with Crippen LogP contribution in [0.3, 0.4) is 0 Å². The molecular formula is C9H10N4. The van der Waals surface area contributed by atoms with E-state index in [2.05, 4.69) is 10.3 Å². The van der Waals surface area contributed by atoms with E-state index in [9.17, 15) is 0 Å². The summed E-state index contributed by atoms with van der Waals surface area (Å²) >= 11 is 0. The number of pyridine rings is 1. The molecule has 0 aromatic carbocycles. The van der Waals surface area contributed by atoms with Gasteiger partial charge < -0.3 is 11.1 Å². The Bertz CT molecular complexity index is 362. The molecule has 0 amide bonds. The highest BCUT2D eigenvalue weighted by molar-refractivity contribution is 5.69. The molecule has 0 unspecified atom stereocenters. The van der Waals surface area contributed by atoms with Gasteiger partial charge in [-0.25, -0.2) is 4.98 Å². The van der Waals surface area contributed by atoms with Crippen LogP contribution >= 0.6 is 0 Å². The van der Waals surface area contributed by atoms with Crippen LogP contribution < -0.4 is 11.1 Å². The van der Waals surface area contributed by atoms with Gasteiger partial charge in [-0.2, -0.15) is 5.26 Å². The predicted molar refractivity (Wildman–Crippen MR) is 50.0 cm³/mol. The van der Waals surface area contributed by atoms with Crippen LogP contribution in [0.1, 0.15) is 18.4 Å². The molecule has 1 aliphatic rings. The summed E-state index contributed by atoms with van der Waals surface area (Å²) in [6, 6.07) is 4.15. The van der Waals surface area contributed by atoms with Crippen molar-refractivity contribution in [3.63, 3.8) is 0 Å². The Balaban J connectivity index is 2.28. The third-order valence-corrected chi connectivity index (χ3v) is 2.03. The largest absolute Gasteiger partial charge is 0.395 e. The molecule has 0 spiro atoms. The molecular weight excluding hydrogens is 164 g/mol. The molecule has 4 heteroatoms. The fourth-order valence-electron chi connectivity index (χ4n) is 1.11. The first-order valence-corrected chi connectivity index (χ1v) is 4.22. The quantitative estimate of drug-likeness (QED) is 0.704. The van der Waals surface area contributed by atoms with Crippen LogP contribution in [0.5, 0.6) is 0 Å². The first-order valence-electron chi connectivity index (χ1n) is 4.22. The second kappa shape index (κ2) is 2.94. The van der Waals surface area contributed by atoms with Crippen molar-refractivity contribution < 1.29 is 0 Å². The smallest absolute Gasteiger partial charge is 0.150 e. The Labute approximate surface area is 76.4 Å². The van der Waals surface area contributed by atoms with Crippen LogP contribution in [-0.4, -0.2) is 11.0 Å². The number of rotatable bonds is 2. The van der Waals surface area contributed by atoms with Crippen molar-refractivity contribution in [1.29, 1.82) is 5.26 Å². The minimum absolute atomic E-state index is 0.455. The summed E-state index contributed by atoms with van der Waals surface area (Å²) in [4.78, 5) is 4.08. The highest BCUT2D eigenvalue weighted by Crippen LogP contribution is 2.27. The zero-order valence-electron chi connectivity index (χ0n) is 7.12. The molecule has 1 heterocycles. The molecule has 0 saturated heterocycles. The minimum atomic E-state index is 0.455. The van der Waals surface area contributed by atoms with Crippen molar-refractivity contribution in [2.24, 2.45) is 0 Å². The second-order valence-electron chi connectivity index (χ2n) is 3.15.